The Kier molecular flexibility index (Phi) is 8.55. The van der Waals surface area contributed by atoms with Gasteiger partial charge in [-0.1, -0.05) is 48.9 Å². The molecule has 0 aliphatic carbocycles. The average Bonchev–Trinajstić information content (AvgIpc) is 3.01. The Balaban J connectivity index is 0.00000324. The van der Waals surface area contributed by atoms with Gasteiger partial charge in [0, 0.05) is 39.8 Å². The molecule has 6 nitrogen and oxygen atoms in total. The highest BCUT2D eigenvalue weighted by Gasteiger charge is 2.53. The Morgan fingerprint density at radius 2 is 1.47 bits per heavy atom. The van der Waals surface area contributed by atoms with Gasteiger partial charge in [0.05, 0.1) is 5.69 Å². The monoisotopic (exact) mass is 488 g/mol. The minimum Gasteiger partial charge on any atom is -0.367 e. The van der Waals surface area contributed by atoms with Gasteiger partial charge in [0.15, 0.2) is 0 Å². The lowest BCUT2D eigenvalue weighted by Gasteiger charge is -2.36. The molecule has 3 amide bonds. The fourth-order valence-electron chi connectivity index (χ4n) is 4.97. The molecule has 4 rings (SSSR count). The van der Waals surface area contributed by atoms with E-state index >= 15 is 0 Å². The topological polar surface area (TPSA) is 47.1 Å². The lowest BCUT2D eigenvalue weighted by atomic mass is 9.90. The second kappa shape index (κ2) is 11.2. The van der Waals surface area contributed by atoms with Crippen molar-refractivity contribution in [2.45, 2.75) is 31.7 Å². The van der Waals surface area contributed by atoms with Crippen molar-refractivity contribution >= 4 is 30.0 Å². The zero-order valence-corrected chi connectivity index (χ0v) is 20.8. The first-order valence-corrected chi connectivity index (χ1v) is 11.8. The van der Waals surface area contributed by atoms with Crippen LogP contribution in [0.25, 0.3) is 0 Å². The first-order valence-electron chi connectivity index (χ1n) is 11.8. The zero-order chi connectivity index (χ0) is 23.4. The number of hydrogen-bond acceptors (Lipinski definition) is 4. The molecule has 2 heterocycles. The van der Waals surface area contributed by atoms with Gasteiger partial charge in [-0.15, -0.1) is 12.4 Å². The minimum atomic E-state index is -0.948. The van der Waals surface area contributed by atoms with Crippen LogP contribution < -0.4 is 4.90 Å². The number of piperazine rings is 1. The molecule has 2 aromatic rings. The van der Waals surface area contributed by atoms with Crippen LogP contribution >= 0.6 is 12.4 Å². The molecule has 1 atom stereocenters. The molecule has 34 heavy (non-hydrogen) atoms. The van der Waals surface area contributed by atoms with Crippen molar-refractivity contribution in [3.8, 4) is 0 Å². The number of benzene rings is 2. The summed E-state index contributed by atoms with van der Waals surface area (Å²) in [5, 5.41) is 0. The summed E-state index contributed by atoms with van der Waals surface area (Å²) in [4.78, 5) is 33.2. The van der Waals surface area contributed by atoms with Gasteiger partial charge in [0.2, 0.25) is 0 Å². The summed E-state index contributed by atoms with van der Waals surface area (Å²) < 4.78 is 14.0. The van der Waals surface area contributed by atoms with Crippen molar-refractivity contribution < 1.29 is 14.0 Å². The molecule has 0 aromatic heterocycles. The molecule has 1 unspecified atom stereocenters. The highest BCUT2D eigenvalue weighted by molar-refractivity contribution is 6.06. The van der Waals surface area contributed by atoms with Crippen LogP contribution in [0, 0.1) is 5.82 Å². The summed E-state index contributed by atoms with van der Waals surface area (Å²) in [7, 11) is 1.56. The molecule has 0 bridgehead atoms. The maximum Gasteiger partial charge on any atom is 0.327 e. The number of likely N-dealkylation sites (N-methyl/N-ethyl adjacent to an activating group) is 1. The van der Waals surface area contributed by atoms with Crippen LogP contribution in [0.4, 0.5) is 14.9 Å². The Labute approximate surface area is 207 Å². The number of carbonyl (C=O) groups is 2. The first kappa shape index (κ1) is 26.0. The summed E-state index contributed by atoms with van der Waals surface area (Å²) in [6, 6.07) is 16.3. The Morgan fingerprint density at radius 3 is 2.15 bits per heavy atom. The fourth-order valence-corrected chi connectivity index (χ4v) is 4.97. The van der Waals surface area contributed by atoms with Crippen LogP contribution in [0.15, 0.2) is 54.6 Å². The molecule has 0 N–H and O–H groups in total. The highest BCUT2D eigenvalue weighted by Crippen LogP contribution is 2.36. The van der Waals surface area contributed by atoms with E-state index in [1.54, 1.807) is 18.0 Å². The first-order chi connectivity index (χ1) is 15.9. The number of hydrogen-bond donors (Lipinski definition) is 0. The van der Waals surface area contributed by atoms with Crippen molar-refractivity contribution in [2.75, 3.05) is 51.2 Å². The molecule has 0 spiro atoms. The van der Waals surface area contributed by atoms with Crippen LogP contribution in [0.3, 0.4) is 0 Å². The van der Waals surface area contributed by atoms with E-state index in [1.165, 1.54) is 11.0 Å². The van der Waals surface area contributed by atoms with Crippen molar-refractivity contribution in [1.29, 1.82) is 0 Å². The van der Waals surface area contributed by atoms with Crippen molar-refractivity contribution in [3.05, 3.63) is 66.0 Å². The number of anilines is 1. The van der Waals surface area contributed by atoms with Crippen LogP contribution in [0.2, 0.25) is 0 Å². The quantitative estimate of drug-likeness (QED) is 0.409. The van der Waals surface area contributed by atoms with Gasteiger partial charge in [-0.2, -0.15) is 0 Å². The number of urea groups is 1. The molecular weight excluding hydrogens is 455 g/mol. The average molecular weight is 489 g/mol. The molecule has 2 aromatic carbocycles. The van der Waals surface area contributed by atoms with E-state index in [1.807, 2.05) is 49.4 Å². The largest absolute Gasteiger partial charge is 0.367 e. The number of imide groups is 1. The van der Waals surface area contributed by atoms with E-state index in [0.29, 0.717) is 12.2 Å². The molecule has 2 fully saturated rings. The third-order valence-corrected chi connectivity index (χ3v) is 7.04. The second-order valence-electron chi connectivity index (χ2n) is 9.08. The molecule has 2 saturated heterocycles. The molecule has 0 radical (unpaired) electrons. The molecule has 184 valence electrons. The number of unbranched alkanes of at least 4 members (excludes halogenated alkanes) is 2. The predicted molar refractivity (Wildman–Crippen MR) is 135 cm³/mol. The Hall–Kier alpha value is -2.64. The number of carbonyl (C=O) groups excluding carboxylic acids is 2. The van der Waals surface area contributed by atoms with Crippen molar-refractivity contribution in [2.24, 2.45) is 0 Å². The predicted octanol–water partition coefficient (Wildman–Crippen LogP) is 4.35. The van der Waals surface area contributed by atoms with Gasteiger partial charge >= 0.3 is 6.03 Å². The number of halogens is 2. The van der Waals surface area contributed by atoms with E-state index in [2.05, 4.69) is 9.80 Å². The standard InChI is InChI=1S/C26H33FN4O2.ClH/c1-26(21-11-5-3-6-12-21)24(32)28(2)25(33)31(26)16-10-4-9-15-29-17-19-30(20-18-29)23-14-8-7-13-22(23)27;/h3,5-8,11-14H,4,9-10,15-20H2,1-2H3;1H. The summed E-state index contributed by atoms with van der Waals surface area (Å²) in [5.74, 6) is -0.333. The minimum absolute atomic E-state index is 0. The van der Waals surface area contributed by atoms with E-state index < -0.39 is 5.54 Å². The van der Waals surface area contributed by atoms with Crippen LogP contribution in [-0.4, -0.2) is 73.0 Å². The van der Waals surface area contributed by atoms with Gasteiger partial charge in [0.25, 0.3) is 5.91 Å². The van der Waals surface area contributed by atoms with Crippen LogP contribution in [0.5, 0.6) is 0 Å². The lowest BCUT2D eigenvalue weighted by molar-refractivity contribution is -0.132. The van der Waals surface area contributed by atoms with Crippen molar-refractivity contribution in [1.82, 2.24) is 14.7 Å². The maximum absolute atomic E-state index is 14.0. The summed E-state index contributed by atoms with van der Waals surface area (Å²) in [6.07, 6.45) is 2.87. The highest BCUT2D eigenvalue weighted by atomic mass is 35.5. The van der Waals surface area contributed by atoms with E-state index in [9.17, 15) is 14.0 Å². The summed E-state index contributed by atoms with van der Waals surface area (Å²) >= 11 is 0. The third kappa shape index (κ3) is 5.05. The van der Waals surface area contributed by atoms with E-state index in [-0.39, 0.29) is 30.2 Å². The van der Waals surface area contributed by atoms with Crippen molar-refractivity contribution in [3.63, 3.8) is 0 Å². The third-order valence-electron chi connectivity index (χ3n) is 7.04. The summed E-state index contributed by atoms with van der Waals surface area (Å²) in [5.41, 5.74) is 0.588. The molecule has 8 heteroatoms. The number of para-hydroxylation sites is 1. The van der Waals surface area contributed by atoms with Crippen LogP contribution in [0.1, 0.15) is 31.7 Å². The smallest absolute Gasteiger partial charge is 0.327 e. The number of nitrogens with zero attached hydrogens (tertiary/aromatic N) is 4. The Morgan fingerprint density at radius 1 is 0.853 bits per heavy atom. The van der Waals surface area contributed by atoms with E-state index in [4.69, 9.17) is 0 Å². The molecule has 2 aliphatic heterocycles. The van der Waals surface area contributed by atoms with Gasteiger partial charge in [0.1, 0.15) is 11.4 Å². The van der Waals surface area contributed by atoms with Crippen LogP contribution in [-0.2, 0) is 10.3 Å². The number of rotatable bonds is 8. The van der Waals surface area contributed by atoms with Gasteiger partial charge in [-0.05, 0) is 44.0 Å². The van der Waals surface area contributed by atoms with Gasteiger partial charge < -0.3 is 9.80 Å². The van der Waals surface area contributed by atoms with Gasteiger partial charge in [-0.3, -0.25) is 14.6 Å². The number of amides is 3. The summed E-state index contributed by atoms with van der Waals surface area (Å²) in [6.45, 7) is 6.89. The normalized spacial score (nSPS) is 21.2. The molecule has 2 aliphatic rings. The van der Waals surface area contributed by atoms with E-state index in [0.717, 1.165) is 57.5 Å². The second-order valence-corrected chi connectivity index (χ2v) is 9.08. The van der Waals surface area contributed by atoms with Gasteiger partial charge in [-0.25, -0.2) is 9.18 Å². The Bertz CT molecular complexity index is 984. The zero-order valence-electron chi connectivity index (χ0n) is 20.0. The lowest BCUT2D eigenvalue weighted by Crippen LogP contribution is -2.47. The maximum atomic E-state index is 14.0. The SMILES string of the molecule is CN1C(=O)N(CCCCCN2CCN(c3ccccc3F)CC2)C(C)(c2ccccc2)C1=O.Cl. The fraction of sp³-hybridized carbons (Fsp3) is 0.462. The molecule has 0 saturated carbocycles. The molecular formula is C26H34ClFN4O2.